The van der Waals surface area contributed by atoms with Crippen molar-refractivity contribution in [3.63, 3.8) is 0 Å². The lowest BCUT2D eigenvalue weighted by Crippen LogP contribution is -2.45. The molecule has 3 rings (SSSR count). The first kappa shape index (κ1) is 19.4. The maximum Gasteiger partial charge on any atom is 0.261 e. The van der Waals surface area contributed by atoms with E-state index in [-0.39, 0.29) is 11.8 Å². The minimum Gasteiger partial charge on any atom is -0.371 e. The van der Waals surface area contributed by atoms with Gasteiger partial charge in [-0.25, -0.2) is 0 Å². The van der Waals surface area contributed by atoms with E-state index >= 15 is 0 Å². The first-order valence-electron chi connectivity index (χ1n) is 9.48. The molecule has 1 N–H and O–H groups in total. The number of hydrogen-bond donors (Lipinski definition) is 1. The number of thiophene rings is 1. The largest absolute Gasteiger partial charge is 0.371 e. The minimum atomic E-state index is -0.563. The summed E-state index contributed by atoms with van der Waals surface area (Å²) in [6.45, 7) is 4.41. The molecule has 1 aromatic heterocycles. The number of likely N-dealkylation sites (N-methyl/N-ethyl adjacent to an activating group) is 1. The van der Waals surface area contributed by atoms with Crippen molar-refractivity contribution in [2.24, 2.45) is 0 Å². The molecule has 0 saturated carbocycles. The van der Waals surface area contributed by atoms with E-state index in [4.69, 9.17) is 0 Å². The smallest absolute Gasteiger partial charge is 0.261 e. The Balaban J connectivity index is 1.63. The zero-order valence-corrected chi connectivity index (χ0v) is 16.8. The van der Waals surface area contributed by atoms with Crippen LogP contribution >= 0.6 is 11.3 Å². The van der Waals surface area contributed by atoms with E-state index in [0.717, 1.165) is 18.7 Å². The Labute approximate surface area is 165 Å². The summed E-state index contributed by atoms with van der Waals surface area (Å²) in [5, 5.41) is 4.65. The standard InChI is InChI=1S/C21H27N3O2S/c1-16(22-20(25)19-11-8-14-27-19)21(26)23(2)15-17-9-4-5-10-18(17)24-12-6-3-7-13-24/h4-5,8-11,14,16H,3,6-7,12-13,15H2,1-2H3,(H,22,25)/t16-/m1/s1. The third kappa shape index (κ3) is 4.89. The van der Waals surface area contributed by atoms with E-state index < -0.39 is 6.04 Å². The van der Waals surface area contributed by atoms with Gasteiger partial charge < -0.3 is 15.1 Å². The summed E-state index contributed by atoms with van der Waals surface area (Å²) in [6, 6.07) is 11.3. The molecule has 6 heteroatoms. The number of carbonyl (C=O) groups excluding carboxylic acids is 2. The van der Waals surface area contributed by atoms with Gasteiger partial charge in [-0.05, 0) is 49.3 Å². The monoisotopic (exact) mass is 385 g/mol. The molecule has 0 unspecified atom stereocenters. The van der Waals surface area contributed by atoms with Crippen molar-refractivity contribution in [3.05, 3.63) is 52.2 Å². The van der Waals surface area contributed by atoms with Crippen LogP contribution in [0, 0.1) is 0 Å². The van der Waals surface area contributed by atoms with E-state index in [2.05, 4.69) is 28.4 Å². The molecule has 1 aromatic carbocycles. The van der Waals surface area contributed by atoms with Crippen molar-refractivity contribution >= 4 is 28.8 Å². The number of hydrogen-bond acceptors (Lipinski definition) is 4. The molecule has 2 aromatic rings. The Morgan fingerprint density at radius 2 is 1.89 bits per heavy atom. The lowest BCUT2D eigenvalue weighted by molar-refractivity contribution is -0.132. The molecule has 144 valence electrons. The Bertz CT molecular complexity index is 769. The molecular formula is C21H27N3O2S. The lowest BCUT2D eigenvalue weighted by atomic mass is 10.1. The van der Waals surface area contributed by atoms with Crippen LogP contribution in [0.15, 0.2) is 41.8 Å². The predicted octanol–water partition coefficient (Wildman–Crippen LogP) is 3.52. The Kier molecular flexibility index (Phi) is 6.50. The second-order valence-corrected chi connectivity index (χ2v) is 7.99. The predicted molar refractivity (Wildman–Crippen MR) is 110 cm³/mol. The molecular weight excluding hydrogens is 358 g/mol. The summed E-state index contributed by atoms with van der Waals surface area (Å²) < 4.78 is 0. The first-order valence-corrected chi connectivity index (χ1v) is 10.4. The molecule has 1 saturated heterocycles. The summed E-state index contributed by atoms with van der Waals surface area (Å²) in [4.78, 5) is 29.7. The maximum absolute atomic E-state index is 12.7. The number of anilines is 1. The van der Waals surface area contributed by atoms with Gasteiger partial charge in [-0.2, -0.15) is 0 Å². The second-order valence-electron chi connectivity index (χ2n) is 7.04. The molecule has 0 spiro atoms. The number of nitrogens with zero attached hydrogens (tertiary/aromatic N) is 2. The molecule has 5 nitrogen and oxygen atoms in total. The van der Waals surface area contributed by atoms with E-state index in [0.29, 0.717) is 11.4 Å². The summed E-state index contributed by atoms with van der Waals surface area (Å²) >= 11 is 1.37. The van der Waals surface area contributed by atoms with Gasteiger partial charge in [0.25, 0.3) is 5.91 Å². The number of rotatable bonds is 6. The topological polar surface area (TPSA) is 52.7 Å². The number of piperidine rings is 1. The summed E-state index contributed by atoms with van der Waals surface area (Å²) in [5.74, 6) is -0.290. The van der Waals surface area contributed by atoms with Crippen LogP contribution in [0.25, 0.3) is 0 Å². The van der Waals surface area contributed by atoms with Crippen molar-refractivity contribution in [1.82, 2.24) is 10.2 Å². The fourth-order valence-electron chi connectivity index (χ4n) is 3.49. The van der Waals surface area contributed by atoms with E-state index in [1.54, 1.807) is 24.9 Å². The van der Waals surface area contributed by atoms with Crippen molar-refractivity contribution in [2.75, 3.05) is 25.0 Å². The van der Waals surface area contributed by atoms with Crippen LogP contribution in [0.4, 0.5) is 5.69 Å². The van der Waals surface area contributed by atoms with Crippen LogP contribution in [0.1, 0.15) is 41.4 Å². The Hall–Kier alpha value is -2.34. The normalized spacial score (nSPS) is 15.3. The quantitative estimate of drug-likeness (QED) is 0.828. The maximum atomic E-state index is 12.7. The average Bonchev–Trinajstić information content (AvgIpc) is 3.23. The van der Waals surface area contributed by atoms with E-state index in [1.807, 2.05) is 17.5 Å². The summed E-state index contributed by atoms with van der Waals surface area (Å²) in [6.07, 6.45) is 3.72. The highest BCUT2D eigenvalue weighted by atomic mass is 32.1. The van der Waals surface area contributed by atoms with Crippen molar-refractivity contribution < 1.29 is 9.59 Å². The van der Waals surface area contributed by atoms with Crippen LogP contribution in [0.3, 0.4) is 0 Å². The number of para-hydroxylation sites is 1. The van der Waals surface area contributed by atoms with Gasteiger partial charge in [0.15, 0.2) is 0 Å². The molecule has 1 aliphatic heterocycles. The molecule has 2 heterocycles. The summed E-state index contributed by atoms with van der Waals surface area (Å²) in [5.41, 5.74) is 2.36. The molecule has 0 radical (unpaired) electrons. The number of carbonyl (C=O) groups is 2. The van der Waals surface area contributed by atoms with Gasteiger partial charge in [0, 0.05) is 32.4 Å². The number of nitrogens with one attached hydrogen (secondary N) is 1. The molecule has 27 heavy (non-hydrogen) atoms. The SMILES string of the molecule is C[C@@H](NC(=O)c1cccs1)C(=O)N(C)Cc1ccccc1N1CCCCC1. The highest BCUT2D eigenvalue weighted by Gasteiger charge is 2.22. The lowest BCUT2D eigenvalue weighted by Gasteiger charge is -2.32. The fraction of sp³-hybridized carbons (Fsp3) is 0.429. The van der Waals surface area contributed by atoms with Crippen molar-refractivity contribution in [3.8, 4) is 0 Å². The van der Waals surface area contributed by atoms with E-state index in [9.17, 15) is 9.59 Å². The third-order valence-corrected chi connectivity index (χ3v) is 5.80. The van der Waals surface area contributed by atoms with Crippen LogP contribution in [-0.4, -0.2) is 42.9 Å². The average molecular weight is 386 g/mol. The van der Waals surface area contributed by atoms with Crippen LogP contribution in [0.5, 0.6) is 0 Å². The van der Waals surface area contributed by atoms with Gasteiger partial charge in [-0.1, -0.05) is 24.3 Å². The molecule has 2 amide bonds. The van der Waals surface area contributed by atoms with Gasteiger partial charge in [0.05, 0.1) is 4.88 Å². The van der Waals surface area contributed by atoms with Crippen LogP contribution in [0.2, 0.25) is 0 Å². The minimum absolute atomic E-state index is 0.0895. The van der Waals surface area contributed by atoms with Crippen molar-refractivity contribution in [2.45, 2.75) is 38.8 Å². The number of amides is 2. The Morgan fingerprint density at radius 3 is 2.59 bits per heavy atom. The van der Waals surface area contributed by atoms with Crippen molar-refractivity contribution in [1.29, 1.82) is 0 Å². The van der Waals surface area contributed by atoms with Gasteiger partial charge in [0.1, 0.15) is 6.04 Å². The highest BCUT2D eigenvalue weighted by Crippen LogP contribution is 2.25. The van der Waals surface area contributed by atoms with Crippen LogP contribution < -0.4 is 10.2 Å². The van der Waals surface area contributed by atoms with Gasteiger partial charge in [-0.3, -0.25) is 9.59 Å². The van der Waals surface area contributed by atoms with E-state index in [1.165, 1.54) is 36.3 Å². The van der Waals surface area contributed by atoms with Crippen LogP contribution in [-0.2, 0) is 11.3 Å². The molecule has 0 bridgehead atoms. The summed E-state index contributed by atoms with van der Waals surface area (Å²) in [7, 11) is 1.79. The molecule has 1 aliphatic rings. The molecule has 1 atom stereocenters. The van der Waals surface area contributed by atoms with Gasteiger partial charge in [-0.15, -0.1) is 11.3 Å². The Morgan fingerprint density at radius 1 is 1.15 bits per heavy atom. The zero-order valence-electron chi connectivity index (χ0n) is 16.0. The highest BCUT2D eigenvalue weighted by molar-refractivity contribution is 7.12. The third-order valence-electron chi connectivity index (χ3n) is 4.94. The first-order chi connectivity index (χ1) is 13.1. The number of benzene rings is 1. The molecule has 1 fully saturated rings. The van der Waals surface area contributed by atoms with Gasteiger partial charge >= 0.3 is 0 Å². The molecule has 0 aliphatic carbocycles. The second kappa shape index (κ2) is 9.04. The fourth-order valence-corrected chi connectivity index (χ4v) is 4.12. The zero-order chi connectivity index (χ0) is 19.2. The van der Waals surface area contributed by atoms with Gasteiger partial charge in [0.2, 0.25) is 5.91 Å².